The highest BCUT2D eigenvalue weighted by Gasteiger charge is 2.14. The Morgan fingerprint density at radius 2 is 1.84 bits per heavy atom. The normalized spacial score (nSPS) is 20.5. The first-order chi connectivity index (χ1) is 9.08. The van der Waals surface area contributed by atoms with Gasteiger partial charge in [-0.25, -0.2) is 0 Å². The Balaban J connectivity index is 1.99. The van der Waals surface area contributed by atoms with E-state index in [0.717, 1.165) is 12.5 Å². The summed E-state index contributed by atoms with van der Waals surface area (Å²) in [7, 11) is 0. The molecule has 0 amide bonds. The summed E-state index contributed by atoms with van der Waals surface area (Å²) in [5.41, 5.74) is 5.68. The van der Waals surface area contributed by atoms with Crippen LogP contribution in [0.25, 0.3) is 0 Å². The van der Waals surface area contributed by atoms with Crippen LogP contribution < -0.4 is 5.32 Å². The van der Waals surface area contributed by atoms with Crippen LogP contribution >= 0.6 is 0 Å². The maximum Gasteiger partial charge on any atom is 0.0297 e. The summed E-state index contributed by atoms with van der Waals surface area (Å²) in [6.45, 7) is 10.1. The van der Waals surface area contributed by atoms with Crippen LogP contribution in [-0.4, -0.2) is 6.54 Å². The molecular formula is C18H27N. The van der Waals surface area contributed by atoms with Crippen LogP contribution in [0.4, 0.5) is 0 Å². The number of hydrogen-bond acceptors (Lipinski definition) is 1. The van der Waals surface area contributed by atoms with Gasteiger partial charge in [0.05, 0.1) is 0 Å². The van der Waals surface area contributed by atoms with E-state index in [0.29, 0.717) is 6.04 Å². The molecule has 1 aromatic carbocycles. The maximum atomic E-state index is 3.74. The molecule has 104 valence electrons. The van der Waals surface area contributed by atoms with Gasteiger partial charge in [-0.15, -0.1) is 0 Å². The van der Waals surface area contributed by atoms with Gasteiger partial charge in [-0.3, -0.25) is 0 Å². The molecule has 1 aliphatic rings. The summed E-state index contributed by atoms with van der Waals surface area (Å²) in [6, 6.07) is 5.04. The smallest absolute Gasteiger partial charge is 0.0297 e. The van der Waals surface area contributed by atoms with Crippen LogP contribution in [0.5, 0.6) is 0 Å². The molecular weight excluding hydrogens is 230 g/mol. The van der Waals surface area contributed by atoms with Crippen molar-refractivity contribution >= 4 is 0 Å². The molecule has 19 heavy (non-hydrogen) atoms. The lowest BCUT2D eigenvalue weighted by Gasteiger charge is -2.24. The molecule has 2 rings (SSSR count). The van der Waals surface area contributed by atoms with E-state index in [4.69, 9.17) is 0 Å². The zero-order valence-corrected chi connectivity index (χ0v) is 12.8. The van der Waals surface area contributed by atoms with E-state index in [9.17, 15) is 0 Å². The fourth-order valence-electron chi connectivity index (χ4n) is 3.36. The third-order valence-electron chi connectivity index (χ3n) is 4.26. The molecule has 2 atom stereocenters. The van der Waals surface area contributed by atoms with Crippen molar-refractivity contribution in [3.8, 4) is 0 Å². The molecule has 1 heteroatoms. The third kappa shape index (κ3) is 3.70. The lowest BCUT2D eigenvalue weighted by atomic mass is 9.92. The maximum absolute atomic E-state index is 3.74. The minimum atomic E-state index is 0.450. The molecule has 1 aliphatic carbocycles. The Hall–Kier alpha value is -1.08. The standard InChI is InChI=1S/C18H27N/c1-13-10-14(2)18(15(3)11-13)16(4)19-12-17-8-6-5-7-9-17/h5-6,10-11,16-17,19H,7-9,12H2,1-4H3. The number of allylic oxidation sites excluding steroid dienone is 2. The average molecular weight is 257 g/mol. The van der Waals surface area contributed by atoms with Gasteiger partial charge in [0.2, 0.25) is 0 Å². The van der Waals surface area contributed by atoms with E-state index < -0.39 is 0 Å². The SMILES string of the molecule is Cc1cc(C)c(C(C)NCC2CC=CCC2)c(C)c1. The summed E-state index contributed by atoms with van der Waals surface area (Å²) in [6.07, 6.45) is 8.48. The Bertz CT molecular complexity index is 436. The molecule has 0 spiro atoms. The number of aryl methyl sites for hydroxylation is 3. The summed E-state index contributed by atoms with van der Waals surface area (Å²) < 4.78 is 0. The number of nitrogens with one attached hydrogen (secondary N) is 1. The largest absolute Gasteiger partial charge is 0.310 e. The first-order valence-electron chi connectivity index (χ1n) is 7.54. The van der Waals surface area contributed by atoms with E-state index >= 15 is 0 Å². The molecule has 0 radical (unpaired) electrons. The molecule has 0 fully saturated rings. The number of benzene rings is 1. The third-order valence-corrected chi connectivity index (χ3v) is 4.26. The van der Waals surface area contributed by atoms with Crippen molar-refractivity contribution in [2.45, 2.75) is 53.0 Å². The molecule has 0 heterocycles. The zero-order valence-electron chi connectivity index (χ0n) is 12.8. The van der Waals surface area contributed by atoms with E-state index in [2.05, 4.69) is 57.3 Å². The van der Waals surface area contributed by atoms with Gasteiger partial charge < -0.3 is 5.32 Å². The second-order valence-corrected chi connectivity index (χ2v) is 6.09. The van der Waals surface area contributed by atoms with Crippen molar-refractivity contribution in [3.63, 3.8) is 0 Å². The Morgan fingerprint density at radius 1 is 1.16 bits per heavy atom. The number of hydrogen-bond donors (Lipinski definition) is 1. The van der Waals surface area contributed by atoms with Gasteiger partial charge >= 0.3 is 0 Å². The van der Waals surface area contributed by atoms with Crippen molar-refractivity contribution < 1.29 is 0 Å². The summed E-state index contributed by atoms with van der Waals surface area (Å²) in [5.74, 6) is 0.818. The molecule has 0 aliphatic heterocycles. The van der Waals surface area contributed by atoms with Crippen LogP contribution in [-0.2, 0) is 0 Å². The molecule has 0 aromatic heterocycles. The molecule has 0 saturated heterocycles. The van der Waals surface area contributed by atoms with Crippen LogP contribution in [0.3, 0.4) is 0 Å². The highest BCUT2D eigenvalue weighted by molar-refractivity contribution is 5.39. The van der Waals surface area contributed by atoms with Crippen LogP contribution in [0.15, 0.2) is 24.3 Å². The fraction of sp³-hybridized carbons (Fsp3) is 0.556. The van der Waals surface area contributed by atoms with Gasteiger partial charge in [0.1, 0.15) is 0 Å². The minimum absolute atomic E-state index is 0.450. The summed E-state index contributed by atoms with van der Waals surface area (Å²) in [5, 5.41) is 3.74. The highest BCUT2D eigenvalue weighted by atomic mass is 14.9. The molecule has 1 N–H and O–H groups in total. The van der Waals surface area contributed by atoms with Crippen molar-refractivity contribution in [1.29, 1.82) is 0 Å². The van der Waals surface area contributed by atoms with Crippen molar-refractivity contribution in [2.24, 2.45) is 5.92 Å². The lowest BCUT2D eigenvalue weighted by molar-refractivity contribution is 0.414. The fourth-order valence-corrected chi connectivity index (χ4v) is 3.36. The molecule has 0 bridgehead atoms. The van der Waals surface area contributed by atoms with Crippen LogP contribution in [0.2, 0.25) is 0 Å². The topological polar surface area (TPSA) is 12.0 Å². The molecule has 1 nitrogen and oxygen atoms in total. The predicted molar refractivity (Wildman–Crippen MR) is 83.6 cm³/mol. The summed E-state index contributed by atoms with van der Waals surface area (Å²) >= 11 is 0. The van der Waals surface area contributed by atoms with Gasteiger partial charge in [0.15, 0.2) is 0 Å². The Morgan fingerprint density at radius 3 is 2.42 bits per heavy atom. The monoisotopic (exact) mass is 257 g/mol. The van der Waals surface area contributed by atoms with Gasteiger partial charge in [0, 0.05) is 6.04 Å². The second-order valence-electron chi connectivity index (χ2n) is 6.09. The van der Waals surface area contributed by atoms with E-state index in [1.165, 1.54) is 41.5 Å². The van der Waals surface area contributed by atoms with Crippen LogP contribution in [0, 0.1) is 26.7 Å². The molecule has 1 aromatic rings. The van der Waals surface area contributed by atoms with Gasteiger partial charge in [-0.05, 0) is 76.1 Å². The average Bonchev–Trinajstić information content (AvgIpc) is 2.36. The van der Waals surface area contributed by atoms with Gasteiger partial charge in [-0.2, -0.15) is 0 Å². The first-order valence-corrected chi connectivity index (χ1v) is 7.54. The van der Waals surface area contributed by atoms with Crippen LogP contribution in [0.1, 0.15) is 54.5 Å². The van der Waals surface area contributed by atoms with Crippen molar-refractivity contribution in [1.82, 2.24) is 5.32 Å². The van der Waals surface area contributed by atoms with E-state index in [1.54, 1.807) is 0 Å². The minimum Gasteiger partial charge on any atom is -0.310 e. The zero-order chi connectivity index (χ0) is 13.8. The summed E-state index contributed by atoms with van der Waals surface area (Å²) in [4.78, 5) is 0. The Labute approximate surface area is 118 Å². The first kappa shape index (κ1) is 14.3. The molecule has 2 unspecified atom stereocenters. The highest BCUT2D eigenvalue weighted by Crippen LogP contribution is 2.24. The van der Waals surface area contributed by atoms with Crippen molar-refractivity contribution in [2.75, 3.05) is 6.54 Å². The lowest BCUT2D eigenvalue weighted by Crippen LogP contribution is -2.27. The van der Waals surface area contributed by atoms with Crippen molar-refractivity contribution in [3.05, 3.63) is 46.5 Å². The quantitative estimate of drug-likeness (QED) is 0.776. The van der Waals surface area contributed by atoms with E-state index in [-0.39, 0.29) is 0 Å². The van der Waals surface area contributed by atoms with Gasteiger partial charge in [-0.1, -0.05) is 29.8 Å². The second kappa shape index (κ2) is 6.38. The number of rotatable bonds is 4. The van der Waals surface area contributed by atoms with Gasteiger partial charge in [0.25, 0.3) is 0 Å². The Kier molecular flexibility index (Phi) is 4.81. The van der Waals surface area contributed by atoms with E-state index in [1.807, 2.05) is 0 Å². The molecule has 0 saturated carbocycles. The predicted octanol–water partition coefficient (Wildman–Crippen LogP) is 4.62.